The smallest absolute Gasteiger partial charge is 0.143 e. The van der Waals surface area contributed by atoms with Gasteiger partial charge >= 0.3 is 0 Å². The first-order chi connectivity index (χ1) is 13.7. The van der Waals surface area contributed by atoms with E-state index < -0.39 is 5.82 Å². The molecule has 3 heterocycles. The molecule has 8 heteroatoms. The maximum absolute atomic E-state index is 13.9. The summed E-state index contributed by atoms with van der Waals surface area (Å²) in [4.78, 5) is 17.8. The molecule has 2 aliphatic heterocycles. The normalized spacial score (nSPS) is 18.2. The van der Waals surface area contributed by atoms with Crippen LogP contribution in [0.1, 0.15) is 5.56 Å². The summed E-state index contributed by atoms with van der Waals surface area (Å²) in [6, 6.07) is 8.85. The lowest BCUT2D eigenvalue weighted by Gasteiger charge is -2.37. The highest BCUT2D eigenvalue weighted by atomic mass is 19.1. The summed E-state index contributed by atoms with van der Waals surface area (Å²) >= 11 is 0. The SMILES string of the molecule is CN1CCN(c2cc(N3CCN(c4cccc(F)c4C#N)CC3)ncn2)CC1. The number of anilines is 3. The van der Waals surface area contributed by atoms with Crippen molar-refractivity contribution in [3.05, 3.63) is 42.0 Å². The van der Waals surface area contributed by atoms with Crippen LogP contribution in [0, 0.1) is 17.1 Å². The molecule has 1 aromatic carbocycles. The van der Waals surface area contributed by atoms with E-state index in [9.17, 15) is 9.65 Å². The Morgan fingerprint density at radius 1 is 0.893 bits per heavy atom. The van der Waals surface area contributed by atoms with Gasteiger partial charge in [-0.25, -0.2) is 14.4 Å². The molecule has 1 aromatic heterocycles. The summed E-state index contributed by atoms with van der Waals surface area (Å²) in [6.07, 6.45) is 1.63. The molecule has 2 saturated heterocycles. The predicted octanol–water partition coefficient (Wildman–Crippen LogP) is 1.57. The van der Waals surface area contributed by atoms with Crippen molar-refractivity contribution >= 4 is 17.3 Å². The zero-order valence-electron chi connectivity index (χ0n) is 16.1. The minimum absolute atomic E-state index is 0.121. The molecule has 2 aromatic rings. The van der Waals surface area contributed by atoms with E-state index in [1.165, 1.54) is 6.07 Å². The number of hydrogen-bond acceptors (Lipinski definition) is 7. The lowest BCUT2D eigenvalue weighted by atomic mass is 10.1. The van der Waals surface area contributed by atoms with Gasteiger partial charge in [0.2, 0.25) is 0 Å². The van der Waals surface area contributed by atoms with Crippen LogP contribution in [0.15, 0.2) is 30.6 Å². The fourth-order valence-electron chi connectivity index (χ4n) is 3.78. The minimum atomic E-state index is -0.463. The maximum Gasteiger partial charge on any atom is 0.143 e. The Kier molecular flexibility index (Phi) is 5.26. The van der Waals surface area contributed by atoms with E-state index in [0.717, 1.165) is 50.9 Å². The maximum atomic E-state index is 13.9. The Bertz CT molecular complexity index is 865. The van der Waals surface area contributed by atoms with Gasteiger partial charge in [0.15, 0.2) is 0 Å². The van der Waals surface area contributed by atoms with Crippen LogP contribution in [-0.2, 0) is 0 Å². The number of hydrogen-bond donors (Lipinski definition) is 0. The monoisotopic (exact) mass is 381 g/mol. The van der Waals surface area contributed by atoms with Crippen molar-refractivity contribution in [1.82, 2.24) is 14.9 Å². The summed E-state index contributed by atoms with van der Waals surface area (Å²) in [5.41, 5.74) is 0.790. The quantitative estimate of drug-likeness (QED) is 0.800. The van der Waals surface area contributed by atoms with Gasteiger partial charge in [-0.1, -0.05) is 6.07 Å². The third-order valence-electron chi connectivity index (χ3n) is 5.51. The number of halogens is 1. The largest absolute Gasteiger partial charge is 0.367 e. The number of piperazine rings is 2. The zero-order chi connectivity index (χ0) is 19.5. The van der Waals surface area contributed by atoms with Gasteiger partial charge in [0, 0.05) is 58.4 Å². The molecule has 146 valence electrons. The van der Waals surface area contributed by atoms with E-state index in [2.05, 4.69) is 42.7 Å². The standard InChI is InChI=1S/C20H24FN7/c1-25-5-7-27(8-6-25)19-13-20(24-15-23-19)28-11-9-26(10-12-28)18-4-2-3-17(21)16(18)14-22/h2-4,13,15H,5-12H2,1H3. The molecule has 4 rings (SSSR count). The molecule has 0 bridgehead atoms. The average molecular weight is 381 g/mol. The second-order valence-corrected chi connectivity index (χ2v) is 7.24. The van der Waals surface area contributed by atoms with Gasteiger partial charge in [-0.2, -0.15) is 5.26 Å². The third kappa shape index (κ3) is 3.71. The van der Waals surface area contributed by atoms with Gasteiger partial charge in [0.25, 0.3) is 0 Å². The van der Waals surface area contributed by atoms with Crippen LogP contribution in [0.25, 0.3) is 0 Å². The number of likely N-dealkylation sites (N-methyl/N-ethyl adjacent to an activating group) is 1. The first kappa shape index (κ1) is 18.4. The van der Waals surface area contributed by atoms with E-state index >= 15 is 0 Å². The van der Waals surface area contributed by atoms with E-state index in [0.29, 0.717) is 18.8 Å². The van der Waals surface area contributed by atoms with Crippen LogP contribution in [0.3, 0.4) is 0 Å². The number of nitrogens with zero attached hydrogens (tertiary/aromatic N) is 7. The van der Waals surface area contributed by atoms with E-state index in [4.69, 9.17) is 0 Å². The van der Waals surface area contributed by atoms with Gasteiger partial charge in [0.05, 0.1) is 5.69 Å². The molecule has 0 atom stereocenters. The topological polar surface area (TPSA) is 62.5 Å². The van der Waals surface area contributed by atoms with Gasteiger partial charge in [-0.3, -0.25) is 0 Å². The molecule has 0 radical (unpaired) electrons. The van der Waals surface area contributed by atoms with Gasteiger partial charge in [0.1, 0.15) is 35.4 Å². The van der Waals surface area contributed by atoms with Crippen LogP contribution >= 0.6 is 0 Å². The molecule has 0 aliphatic carbocycles. The molecule has 0 spiro atoms. The van der Waals surface area contributed by atoms with Crippen LogP contribution in [0.2, 0.25) is 0 Å². The Morgan fingerprint density at radius 2 is 1.46 bits per heavy atom. The molecule has 2 fully saturated rings. The van der Waals surface area contributed by atoms with Crippen molar-refractivity contribution in [2.24, 2.45) is 0 Å². The van der Waals surface area contributed by atoms with E-state index in [-0.39, 0.29) is 5.56 Å². The van der Waals surface area contributed by atoms with Crippen LogP contribution < -0.4 is 14.7 Å². The van der Waals surface area contributed by atoms with Crippen molar-refractivity contribution in [1.29, 1.82) is 5.26 Å². The Morgan fingerprint density at radius 3 is 2.07 bits per heavy atom. The molecule has 28 heavy (non-hydrogen) atoms. The van der Waals surface area contributed by atoms with E-state index in [1.54, 1.807) is 12.4 Å². The minimum Gasteiger partial charge on any atom is -0.367 e. The molecular formula is C20H24FN7. The number of benzene rings is 1. The summed E-state index contributed by atoms with van der Waals surface area (Å²) < 4.78 is 13.9. The van der Waals surface area contributed by atoms with Crippen molar-refractivity contribution < 1.29 is 4.39 Å². The second kappa shape index (κ2) is 7.98. The summed E-state index contributed by atoms with van der Waals surface area (Å²) in [5, 5.41) is 9.28. The molecule has 0 N–H and O–H groups in total. The van der Waals surface area contributed by atoms with Crippen LogP contribution in [0.4, 0.5) is 21.7 Å². The highest BCUT2D eigenvalue weighted by Gasteiger charge is 2.23. The molecule has 0 unspecified atom stereocenters. The molecule has 7 nitrogen and oxygen atoms in total. The van der Waals surface area contributed by atoms with Crippen LogP contribution in [-0.4, -0.2) is 74.3 Å². The highest BCUT2D eigenvalue weighted by Crippen LogP contribution is 2.25. The van der Waals surface area contributed by atoms with Crippen LogP contribution in [0.5, 0.6) is 0 Å². The highest BCUT2D eigenvalue weighted by molar-refractivity contribution is 5.61. The van der Waals surface area contributed by atoms with Crippen molar-refractivity contribution in [3.63, 3.8) is 0 Å². The van der Waals surface area contributed by atoms with Crippen molar-refractivity contribution in [2.45, 2.75) is 0 Å². The van der Waals surface area contributed by atoms with E-state index in [1.807, 2.05) is 12.1 Å². The predicted molar refractivity (Wildman–Crippen MR) is 107 cm³/mol. The van der Waals surface area contributed by atoms with Crippen molar-refractivity contribution in [3.8, 4) is 6.07 Å². The summed E-state index contributed by atoms with van der Waals surface area (Å²) in [7, 11) is 2.14. The Balaban J connectivity index is 1.44. The number of nitriles is 1. The van der Waals surface area contributed by atoms with Gasteiger partial charge in [-0.05, 0) is 19.2 Å². The molecular weight excluding hydrogens is 357 g/mol. The third-order valence-corrected chi connectivity index (χ3v) is 5.51. The molecule has 0 amide bonds. The summed E-state index contributed by atoms with van der Waals surface area (Å²) in [6.45, 7) is 6.97. The Labute approximate surface area is 164 Å². The van der Waals surface area contributed by atoms with Gasteiger partial charge in [-0.15, -0.1) is 0 Å². The first-order valence-corrected chi connectivity index (χ1v) is 9.60. The van der Waals surface area contributed by atoms with Gasteiger partial charge < -0.3 is 19.6 Å². The zero-order valence-corrected chi connectivity index (χ0v) is 16.1. The fourth-order valence-corrected chi connectivity index (χ4v) is 3.78. The number of aromatic nitrogens is 2. The van der Waals surface area contributed by atoms with Crippen molar-refractivity contribution in [2.75, 3.05) is 74.1 Å². The second-order valence-electron chi connectivity index (χ2n) is 7.24. The lowest BCUT2D eigenvalue weighted by molar-refractivity contribution is 0.312. The first-order valence-electron chi connectivity index (χ1n) is 9.60. The molecule has 2 aliphatic rings. The fraction of sp³-hybridized carbons (Fsp3) is 0.450. The summed E-state index contributed by atoms with van der Waals surface area (Å²) in [5.74, 6) is 1.43. The lowest BCUT2D eigenvalue weighted by Crippen LogP contribution is -2.47. The number of rotatable bonds is 3. The Hall–Kier alpha value is -2.92. The average Bonchev–Trinajstić information content (AvgIpc) is 2.74. The molecule has 0 saturated carbocycles.